The van der Waals surface area contributed by atoms with Gasteiger partial charge in [-0.05, 0) is 37.5 Å². The van der Waals surface area contributed by atoms with Gasteiger partial charge in [-0.3, -0.25) is 9.59 Å². The lowest BCUT2D eigenvalue weighted by Crippen LogP contribution is -2.45. The Hall–Kier alpha value is -2.24. The smallest absolute Gasteiger partial charge is 0.252 e. The van der Waals surface area contributed by atoms with Crippen LogP contribution in [0.3, 0.4) is 0 Å². The maximum atomic E-state index is 12.3. The van der Waals surface area contributed by atoms with Crippen molar-refractivity contribution in [3.63, 3.8) is 0 Å². The van der Waals surface area contributed by atoms with Gasteiger partial charge in [-0.15, -0.1) is 0 Å². The molecule has 1 aliphatic rings. The van der Waals surface area contributed by atoms with E-state index in [0.29, 0.717) is 30.0 Å². The van der Waals surface area contributed by atoms with Crippen molar-refractivity contribution in [2.75, 3.05) is 20.8 Å². The first-order valence-corrected chi connectivity index (χ1v) is 6.96. The van der Waals surface area contributed by atoms with E-state index in [1.165, 1.54) is 14.2 Å². The lowest BCUT2D eigenvalue weighted by atomic mass is 10.1. The van der Waals surface area contributed by atoms with Gasteiger partial charge in [0.2, 0.25) is 5.91 Å². The highest BCUT2D eigenvalue weighted by atomic mass is 16.5. The van der Waals surface area contributed by atoms with Gasteiger partial charge in [-0.1, -0.05) is 0 Å². The van der Waals surface area contributed by atoms with Gasteiger partial charge in [0.15, 0.2) is 11.5 Å². The first kappa shape index (κ1) is 15.2. The molecule has 0 unspecified atom stereocenters. The molecule has 1 atom stereocenters. The van der Waals surface area contributed by atoms with E-state index in [4.69, 9.17) is 9.47 Å². The normalized spacial score (nSPS) is 18.4. The highest BCUT2D eigenvalue weighted by molar-refractivity contribution is 5.98. The highest BCUT2D eigenvalue weighted by Crippen LogP contribution is 2.27. The highest BCUT2D eigenvalue weighted by Gasteiger charge is 2.23. The zero-order valence-electron chi connectivity index (χ0n) is 12.3. The fraction of sp³-hybridized carbons (Fsp3) is 0.467. The standard InChI is InChI=1S/C15H20N2O4/c1-20-12-7-6-10(9-13(12)21-2)14(18)17-11-5-3-4-8-16-15(11)19/h6-7,9,11H,3-5,8H2,1-2H3,(H,16,19)(H,17,18)/t11-/m0/s1. The van der Waals surface area contributed by atoms with Gasteiger partial charge in [0.05, 0.1) is 14.2 Å². The second-order valence-electron chi connectivity index (χ2n) is 4.88. The van der Waals surface area contributed by atoms with Gasteiger partial charge >= 0.3 is 0 Å². The number of carbonyl (C=O) groups excluding carboxylic acids is 2. The zero-order valence-corrected chi connectivity index (χ0v) is 12.3. The average Bonchev–Trinajstić information content (AvgIpc) is 2.71. The Bertz CT molecular complexity index is 530. The first-order valence-electron chi connectivity index (χ1n) is 6.96. The largest absolute Gasteiger partial charge is 0.493 e. The minimum Gasteiger partial charge on any atom is -0.493 e. The van der Waals surface area contributed by atoms with Gasteiger partial charge in [-0.25, -0.2) is 0 Å². The monoisotopic (exact) mass is 292 g/mol. The molecular weight excluding hydrogens is 272 g/mol. The second kappa shape index (κ2) is 6.97. The number of ether oxygens (including phenoxy) is 2. The van der Waals surface area contributed by atoms with Crippen LogP contribution in [0.2, 0.25) is 0 Å². The van der Waals surface area contributed by atoms with Crippen molar-refractivity contribution in [2.45, 2.75) is 25.3 Å². The van der Waals surface area contributed by atoms with Crippen LogP contribution in [0, 0.1) is 0 Å². The fourth-order valence-electron chi connectivity index (χ4n) is 2.30. The molecule has 0 aliphatic carbocycles. The predicted molar refractivity (Wildman–Crippen MR) is 77.7 cm³/mol. The minimum absolute atomic E-state index is 0.124. The van der Waals surface area contributed by atoms with Crippen LogP contribution >= 0.6 is 0 Å². The van der Waals surface area contributed by atoms with Crippen molar-refractivity contribution in [3.05, 3.63) is 23.8 Å². The van der Waals surface area contributed by atoms with Crippen molar-refractivity contribution < 1.29 is 19.1 Å². The third-order valence-corrected chi connectivity index (χ3v) is 3.49. The molecule has 1 saturated heterocycles. The SMILES string of the molecule is COc1ccc(C(=O)N[C@H]2CCCCNC2=O)cc1OC. The molecule has 2 amide bonds. The molecule has 0 spiro atoms. The number of carbonyl (C=O) groups is 2. The summed E-state index contributed by atoms with van der Waals surface area (Å²) in [4.78, 5) is 24.1. The van der Waals surface area contributed by atoms with Crippen LogP contribution in [0.1, 0.15) is 29.6 Å². The summed E-state index contributed by atoms with van der Waals surface area (Å²) in [5.41, 5.74) is 0.435. The number of rotatable bonds is 4. The van der Waals surface area contributed by atoms with Crippen LogP contribution in [-0.4, -0.2) is 38.6 Å². The van der Waals surface area contributed by atoms with Crippen LogP contribution in [0.25, 0.3) is 0 Å². The summed E-state index contributed by atoms with van der Waals surface area (Å²) >= 11 is 0. The first-order chi connectivity index (χ1) is 10.2. The molecule has 1 fully saturated rings. The van der Waals surface area contributed by atoms with Crippen molar-refractivity contribution in [1.29, 1.82) is 0 Å². The quantitative estimate of drug-likeness (QED) is 0.871. The van der Waals surface area contributed by atoms with Crippen LogP contribution in [0.15, 0.2) is 18.2 Å². The summed E-state index contributed by atoms with van der Waals surface area (Å²) < 4.78 is 10.3. The van der Waals surface area contributed by atoms with E-state index >= 15 is 0 Å². The Morgan fingerprint density at radius 3 is 2.71 bits per heavy atom. The van der Waals surface area contributed by atoms with Crippen molar-refractivity contribution >= 4 is 11.8 Å². The van der Waals surface area contributed by atoms with E-state index in [0.717, 1.165) is 12.8 Å². The number of benzene rings is 1. The van der Waals surface area contributed by atoms with Gasteiger partial charge < -0.3 is 20.1 Å². The Balaban J connectivity index is 2.10. The maximum absolute atomic E-state index is 12.3. The average molecular weight is 292 g/mol. The van der Waals surface area contributed by atoms with Gasteiger partial charge in [-0.2, -0.15) is 0 Å². The molecule has 0 saturated carbocycles. The number of hydrogen-bond donors (Lipinski definition) is 2. The van der Waals surface area contributed by atoms with Crippen molar-refractivity contribution in [2.24, 2.45) is 0 Å². The molecule has 1 heterocycles. The van der Waals surface area contributed by atoms with Crippen LogP contribution in [-0.2, 0) is 4.79 Å². The van der Waals surface area contributed by atoms with E-state index in [-0.39, 0.29) is 11.8 Å². The van der Waals surface area contributed by atoms with E-state index in [2.05, 4.69) is 10.6 Å². The Morgan fingerprint density at radius 1 is 1.24 bits per heavy atom. The molecule has 2 N–H and O–H groups in total. The molecule has 1 aliphatic heterocycles. The lowest BCUT2D eigenvalue weighted by molar-refractivity contribution is -0.122. The summed E-state index contributed by atoms with van der Waals surface area (Å²) in [5, 5.41) is 5.56. The second-order valence-corrected chi connectivity index (χ2v) is 4.88. The third-order valence-electron chi connectivity index (χ3n) is 3.49. The zero-order chi connectivity index (χ0) is 15.2. The number of methoxy groups -OCH3 is 2. The summed E-state index contributed by atoms with van der Waals surface area (Å²) in [6.07, 6.45) is 2.51. The molecule has 2 rings (SSSR count). The van der Waals surface area contributed by atoms with Crippen LogP contribution in [0.5, 0.6) is 11.5 Å². The molecule has 21 heavy (non-hydrogen) atoms. The molecule has 1 aromatic rings. The summed E-state index contributed by atoms with van der Waals surface area (Å²) in [7, 11) is 3.05. The molecule has 6 heteroatoms. The number of hydrogen-bond acceptors (Lipinski definition) is 4. The van der Waals surface area contributed by atoms with Gasteiger partial charge in [0, 0.05) is 12.1 Å². The molecule has 114 valence electrons. The topological polar surface area (TPSA) is 76.7 Å². The molecule has 6 nitrogen and oxygen atoms in total. The summed E-state index contributed by atoms with van der Waals surface area (Å²) in [6, 6.07) is 4.43. The van der Waals surface area contributed by atoms with Crippen LogP contribution in [0.4, 0.5) is 0 Å². The molecule has 1 aromatic carbocycles. The minimum atomic E-state index is -0.479. The Labute approximate surface area is 123 Å². The number of nitrogens with one attached hydrogen (secondary N) is 2. The summed E-state index contributed by atoms with van der Waals surface area (Å²) in [6.45, 7) is 0.668. The number of amides is 2. The fourth-order valence-corrected chi connectivity index (χ4v) is 2.30. The van der Waals surface area contributed by atoms with Crippen LogP contribution < -0.4 is 20.1 Å². The molecular formula is C15H20N2O4. The van der Waals surface area contributed by atoms with Crippen molar-refractivity contribution in [3.8, 4) is 11.5 Å². The summed E-state index contributed by atoms with van der Waals surface area (Å²) in [5.74, 6) is 0.621. The maximum Gasteiger partial charge on any atom is 0.252 e. The van der Waals surface area contributed by atoms with E-state index in [1.54, 1.807) is 18.2 Å². The van der Waals surface area contributed by atoms with E-state index < -0.39 is 6.04 Å². The molecule has 0 bridgehead atoms. The van der Waals surface area contributed by atoms with Crippen molar-refractivity contribution in [1.82, 2.24) is 10.6 Å². The predicted octanol–water partition coefficient (Wildman–Crippen LogP) is 1.10. The van der Waals surface area contributed by atoms with E-state index in [9.17, 15) is 9.59 Å². The molecule has 0 radical (unpaired) electrons. The van der Waals surface area contributed by atoms with Gasteiger partial charge in [0.1, 0.15) is 6.04 Å². The third kappa shape index (κ3) is 3.65. The van der Waals surface area contributed by atoms with Gasteiger partial charge in [0.25, 0.3) is 5.91 Å². The van der Waals surface area contributed by atoms with E-state index in [1.807, 2.05) is 0 Å². The Kier molecular flexibility index (Phi) is 5.03. The molecule has 0 aromatic heterocycles. The lowest BCUT2D eigenvalue weighted by Gasteiger charge is -2.16. The Morgan fingerprint density at radius 2 is 2.00 bits per heavy atom.